The average Bonchev–Trinajstić information content (AvgIpc) is 3.15. The van der Waals surface area contributed by atoms with Crippen LogP contribution in [0.4, 0.5) is 0 Å². The van der Waals surface area contributed by atoms with E-state index in [2.05, 4.69) is 19.4 Å². The minimum absolute atomic E-state index is 0.0157. The Balaban J connectivity index is 2.52. The van der Waals surface area contributed by atoms with Gasteiger partial charge in [-0.3, -0.25) is 9.59 Å². The van der Waals surface area contributed by atoms with Crippen molar-refractivity contribution in [3.63, 3.8) is 0 Å². The third kappa shape index (κ3) is 14.7. The molecule has 0 saturated heterocycles. The number of rotatable bonds is 20. The van der Waals surface area contributed by atoms with Crippen LogP contribution in [0.2, 0.25) is 0 Å². The first-order chi connectivity index (χ1) is 17.6. The van der Waals surface area contributed by atoms with Crippen LogP contribution in [0.25, 0.3) is 0 Å². The fourth-order valence-corrected chi connectivity index (χ4v) is 2.82. The number of unbranched alkanes of at least 4 members (excludes halogenated alkanes) is 4. The standard InChI is InChI=1S/C20H29N3O14/c1-14-16(37-20(27)36-14)13-33-19(26)15(21-17(24)8-4-2-6-10-34-22(28)29)12-32-18(25)9-5-3-7-11-35-23(30)31/h15H,2-13H2,1H3,(H,21,24). The summed E-state index contributed by atoms with van der Waals surface area (Å²) in [6.45, 7) is 0.237. The zero-order valence-corrected chi connectivity index (χ0v) is 20.2. The number of hydrogen-bond donors (Lipinski definition) is 1. The lowest BCUT2D eigenvalue weighted by molar-refractivity contribution is -0.757. The number of nitrogens with one attached hydrogen (secondary N) is 1. The molecule has 0 spiro atoms. The van der Waals surface area contributed by atoms with Crippen molar-refractivity contribution in [1.29, 1.82) is 0 Å². The van der Waals surface area contributed by atoms with Crippen molar-refractivity contribution >= 4 is 17.8 Å². The van der Waals surface area contributed by atoms with Crippen molar-refractivity contribution in [2.24, 2.45) is 0 Å². The van der Waals surface area contributed by atoms with Crippen LogP contribution >= 0.6 is 0 Å². The number of aryl methyl sites for hydroxylation is 1. The molecular formula is C20H29N3O14. The molecule has 0 aliphatic carbocycles. The van der Waals surface area contributed by atoms with Crippen LogP contribution < -0.4 is 11.1 Å². The predicted molar refractivity (Wildman–Crippen MR) is 117 cm³/mol. The van der Waals surface area contributed by atoms with Gasteiger partial charge in [-0.05, 0) is 32.6 Å². The Morgan fingerprint density at radius 3 is 2.03 bits per heavy atom. The minimum Gasteiger partial charge on any atom is -0.463 e. The highest BCUT2D eigenvalue weighted by atomic mass is 17.0. The average molecular weight is 535 g/mol. The molecule has 1 aromatic rings. The summed E-state index contributed by atoms with van der Waals surface area (Å²) in [5.74, 6) is -3.07. The first-order valence-electron chi connectivity index (χ1n) is 11.3. The molecule has 0 bridgehead atoms. The van der Waals surface area contributed by atoms with Gasteiger partial charge in [0.1, 0.15) is 6.61 Å². The molecule has 1 atom stereocenters. The highest BCUT2D eigenvalue weighted by Gasteiger charge is 2.25. The van der Waals surface area contributed by atoms with Crippen LogP contribution in [0, 0.1) is 27.2 Å². The molecule has 0 aliphatic heterocycles. The number of carbonyl (C=O) groups is 3. The normalized spacial score (nSPS) is 11.3. The smallest absolute Gasteiger partial charge is 0.463 e. The maximum absolute atomic E-state index is 12.5. The van der Waals surface area contributed by atoms with Crippen molar-refractivity contribution in [3.05, 3.63) is 42.4 Å². The largest absolute Gasteiger partial charge is 0.519 e. The van der Waals surface area contributed by atoms with E-state index in [1.807, 2.05) is 0 Å². The van der Waals surface area contributed by atoms with Gasteiger partial charge in [-0.1, -0.05) is 12.8 Å². The molecule has 1 amide bonds. The zero-order chi connectivity index (χ0) is 27.6. The van der Waals surface area contributed by atoms with E-state index in [0.29, 0.717) is 38.5 Å². The van der Waals surface area contributed by atoms with Gasteiger partial charge in [-0.25, -0.2) is 9.59 Å². The fraction of sp³-hybridized carbons (Fsp3) is 0.700. The van der Waals surface area contributed by atoms with Crippen molar-refractivity contribution in [2.75, 3.05) is 19.8 Å². The summed E-state index contributed by atoms with van der Waals surface area (Å²) in [6, 6.07) is -1.36. The van der Waals surface area contributed by atoms with Crippen LogP contribution in [-0.4, -0.2) is 53.9 Å². The first-order valence-corrected chi connectivity index (χ1v) is 11.3. The molecule has 37 heavy (non-hydrogen) atoms. The number of nitrogens with zero attached hydrogens (tertiary/aromatic N) is 2. The summed E-state index contributed by atoms with van der Waals surface area (Å²) < 4.78 is 19.5. The molecule has 1 rings (SSSR count). The summed E-state index contributed by atoms with van der Waals surface area (Å²) >= 11 is 0. The Morgan fingerprint density at radius 1 is 0.892 bits per heavy atom. The molecular weight excluding hydrogens is 506 g/mol. The molecule has 17 nitrogen and oxygen atoms in total. The Labute approximate surface area is 209 Å². The maximum Gasteiger partial charge on any atom is 0.519 e. The van der Waals surface area contributed by atoms with E-state index in [-0.39, 0.29) is 37.6 Å². The number of carbonyl (C=O) groups excluding carboxylic acids is 3. The predicted octanol–water partition coefficient (Wildman–Crippen LogP) is 1.15. The highest BCUT2D eigenvalue weighted by Crippen LogP contribution is 2.09. The van der Waals surface area contributed by atoms with E-state index in [4.69, 9.17) is 13.9 Å². The maximum atomic E-state index is 12.5. The Bertz CT molecular complexity index is 956. The highest BCUT2D eigenvalue weighted by molar-refractivity contribution is 5.84. The van der Waals surface area contributed by atoms with Gasteiger partial charge in [-0.15, -0.1) is 20.2 Å². The molecule has 0 aliphatic rings. The van der Waals surface area contributed by atoms with Crippen LogP contribution in [0.1, 0.15) is 62.9 Å². The van der Waals surface area contributed by atoms with Gasteiger partial charge in [0.05, 0.1) is 13.2 Å². The Morgan fingerprint density at radius 2 is 1.49 bits per heavy atom. The lowest BCUT2D eigenvalue weighted by Gasteiger charge is -2.17. The minimum atomic E-state index is -1.36. The summed E-state index contributed by atoms with van der Waals surface area (Å²) in [6.07, 6.45) is 2.31. The topological polar surface area (TPSA) is 230 Å². The molecule has 0 radical (unpaired) electrons. The third-order valence-corrected chi connectivity index (χ3v) is 4.68. The van der Waals surface area contributed by atoms with Crippen LogP contribution in [0.3, 0.4) is 0 Å². The van der Waals surface area contributed by atoms with E-state index in [9.17, 15) is 39.4 Å². The fourth-order valence-electron chi connectivity index (χ4n) is 2.82. The van der Waals surface area contributed by atoms with Gasteiger partial charge in [0, 0.05) is 12.8 Å². The third-order valence-electron chi connectivity index (χ3n) is 4.68. The van der Waals surface area contributed by atoms with E-state index >= 15 is 0 Å². The van der Waals surface area contributed by atoms with Crippen molar-refractivity contribution in [2.45, 2.75) is 70.9 Å². The second-order valence-electron chi connectivity index (χ2n) is 7.58. The van der Waals surface area contributed by atoms with E-state index in [0.717, 1.165) is 0 Å². The number of hydrogen-bond acceptors (Lipinski definition) is 14. The molecule has 1 aromatic heterocycles. The molecule has 0 fully saturated rings. The van der Waals surface area contributed by atoms with Crippen molar-refractivity contribution < 1.29 is 52.5 Å². The van der Waals surface area contributed by atoms with Gasteiger partial charge in [-0.2, -0.15) is 0 Å². The molecule has 1 N–H and O–H groups in total. The van der Waals surface area contributed by atoms with E-state index in [1.165, 1.54) is 6.92 Å². The first kappa shape index (κ1) is 30.9. The monoisotopic (exact) mass is 535 g/mol. The second-order valence-corrected chi connectivity index (χ2v) is 7.58. The second kappa shape index (κ2) is 17.3. The van der Waals surface area contributed by atoms with Crippen LogP contribution in [-0.2, 0) is 40.1 Å². The lowest BCUT2D eigenvalue weighted by atomic mass is 10.2. The summed E-state index contributed by atoms with van der Waals surface area (Å²) in [5.41, 5.74) is 0. The number of ether oxygens (including phenoxy) is 2. The summed E-state index contributed by atoms with van der Waals surface area (Å²) in [7, 11) is 0. The quantitative estimate of drug-likeness (QED) is 0.107. The van der Waals surface area contributed by atoms with Gasteiger partial charge >= 0.3 is 17.8 Å². The SMILES string of the molecule is Cc1oc(=O)oc1COC(=O)C(COC(=O)CCCCCO[N+](=O)[O-])NC(=O)CCCCCO[N+](=O)[O-]. The van der Waals surface area contributed by atoms with Gasteiger partial charge in [0.25, 0.3) is 10.2 Å². The molecule has 17 heteroatoms. The van der Waals surface area contributed by atoms with Gasteiger partial charge < -0.3 is 33.3 Å². The van der Waals surface area contributed by atoms with Crippen molar-refractivity contribution in [3.8, 4) is 0 Å². The molecule has 0 aromatic carbocycles. The van der Waals surface area contributed by atoms with Gasteiger partial charge in [0.2, 0.25) is 5.91 Å². The van der Waals surface area contributed by atoms with Crippen LogP contribution in [0.5, 0.6) is 0 Å². The van der Waals surface area contributed by atoms with Gasteiger partial charge in [0.15, 0.2) is 24.2 Å². The summed E-state index contributed by atoms with van der Waals surface area (Å²) in [5, 5.41) is 20.8. The number of amides is 1. The van der Waals surface area contributed by atoms with Crippen molar-refractivity contribution in [1.82, 2.24) is 5.32 Å². The van der Waals surface area contributed by atoms with E-state index < -0.39 is 53.1 Å². The van der Waals surface area contributed by atoms with E-state index in [1.54, 1.807) is 0 Å². The number of esters is 2. The molecule has 1 unspecified atom stereocenters. The molecule has 0 saturated carbocycles. The molecule has 1 heterocycles. The Kier molecular flexibility index (Phi) is 14.4. The Hall–Kier alpha value is -4.18. The lowest BCUT2D eigenvalue weighted by Crippen LogP contribution is -2.45. The molecule has 208 valence electrons. The summed E-state index contributed by atoms with van der Waals surface area (Å²) in [4.78, 5) is 76.4. The van der Waals surface area contributed by atoms with Crippen LogP contribution in [0.15, 0.2) is 13.6 Å². The zero-order valence-electron chi connectivity index (χ0n) is 20.2.